The van der Waals surface area contributed by atoms with E-state index in [2.05, 4.69) is 12.2 Å². The highest BCUT2D eigenvalue weighted by Crippen LogP contribution is 2.14. The van der Waals surface area contributed by atoms with Gasteiger partial charge in [0.05, 0.1) is 11.6 Å². The van der Waals surface area contributed by atoms with Gasteiger partial charge in [0.1, 0.15) is 11.6 Å². The first-order valence-corrected chi connectivity index (χ1v) is 5.77. The van der Waals surface area contributed by atoms with E-state index in [1.165, 1.54) is 0 Å². The lowest BCUT2D eigenvalue weighted by Gasteiger charge is -2.07. The minimum Gasteiger partial charge on any atom is -0.312 e. The fourth-order valence-corrected chi connectivity index (χ4v) is 1.55. The molecule has 17 heavy (non-hydrogen) atoms. The quantitative estimate of drug-likeness (QED) is 0.773. The third-order valence-electron chi connectivity index (χ3n) is 2.53. The van der Waals surface area contributed by atoms with Crippen LogP contribution >= 0.6 is 0 Å². The lowest BCUT2D eigenvalue weighted by molar-refractivity contribution is 0.528. The Morgan fingerprint density at radius 1 is 1.24 bits per heavy atom. The summed E-state index contributed by atoms with van der Waals surface area (Å²) in [6.07, 6.45) is 3.21. The maximum Gasteiger partial charge on any atom is 0.131 e. The van der Waals surface area contributed by atoms with Crippen LogP contribution in [0.5, 0.6) is 0 Å². The zero-order valence-electron chi connectivity index (χ0n) is 9.89. The zero-order valence-corrected chi connectivity index (χ0v) is 9.89. The molecule has 4 heteroatoms. The average molecular weight is 238 g/mol. The maximum atomic E-state index is 13.4. The summed E-state index contributed by atoms with van der Waals surface area (Å²) >= 11 is 0. The molecule has 0 aliphatic carbocycles. The largest absolute Gasteiger partial charge is 0.312 e. The third kappa shape index (κ3) is 4.12. The van der Waals surface area contributed by atoms with Gasteiger partial charge in [-0.1, -0.05) is 19.8 Å². The van der Waals surface area contributed by atoms with E-state index in [0.717, 1.165) is 37.9 Å². The van der Waals surface area contributed by atoms with Crippen LogP contribution in [0.1, 0.15) is 37.3 Å². The van der Waals surface area contributed by atoms with Crippen molar-refractivity contribution in [3.63, 3.8) is 0 Å². The molecule has 92 valence electrons. The summed E-state index contributed by atoms with van der Waals surface area (Å²) in [4.78, 5) is 0. The summed E-state index contributed by atoms with van der Waals surface area (Å²) in [7, 11) is 0. The molecule has 2 nitrogen and oxygen atoms in total. The molecule has 0 unspecified atom stereocenters. The Kier molecular flexibility index (Phi) is 5.58. The van der Waals surface area contributed by atoms with E-state index >= 15 is 0 Å². The van der Waals surface area contributed by atoms with Gasteiger partial charge in [0.15, 0.2) is 0 Å². The van der Waals surface area contributed by atoms with Crippen molar-refractivity contribution in [2.24, 2.45) is 0 Å². The molecule has 1 N–H and O–H groups in total. The predicted molar refractivity (Wildman–Crippen MR) is 62.3 cm³/mol. The first-order chi connectivity index (χ1) is 8.19. The van der Waals surface area contributed by atoms with Crippen LogP contribution in [0.4, 0.5) is 8.78 Å². The Hall–Kier alpha value is -1.47. The highest BCUT2D eigenvalue weighted by atomic mass is 19.1. The van der Waals surface area contributed by atoms with Gasteiger partial charge >= 0.3 is 0 Å². The van der Waals surface area contributed by atoms with Crippen molar-refractivity contribution in [3.05, 3.63) is 34.9 Å². The fraction of sp³-hybridized carbons (Fsp3) is 0.462. The Balaban J connectivity index is 2.57. The van der Waals surface area contributed by atoms with Gasteiger partial charge in [-0.05, 0) is 25.1 Å². The van der Waals surface area contributed by atoms with Crippen molar-refractivity contribution in [1.82, 2.24) is 5.32 Å². The Labute approximate surface area is 100 Å². The summed E-state index contributed by atoms with van der Waals surface area (Å²) in [5.41, 5.74) is 0.00947. The highest BCUT2D eigenvalue weighted by molar-refractivity contribution is 5.34. The second-order valence-electron chi connectivity index (χ2n) is 3.91. The molecule has 0 heterocycles. The number of hydrogen-bond acceptors (Lipinski definition) is 2. The van der Waals surface area contributed by atoms with Gasteiger partial charge in [-0.2, -0.15) is 5.26 Å². The molecule has 0 fully saturated rings. The summed E-state index contributed by atoms with van der Waals surface area (Å²) in [5.74, 6) is -1.32. The molecule has 0 aromatic heterocycles. The van der Waals surface area contributed by atoms with Gasteiger partial charge in [-0.15, -0.1) is 0 Å². The van der Waals surface area contributed by atoms with Gasteiger partial charge in [0.25, 0.3) is 0 Å². The number of nitrogens with zero attached hydrogens (tertiary/aromatic N) is 1. The van der Waals surface area contributed by atoms with Crippen LogP contribution in [0, 0.1) is 23.0 Å². The number of rotatable bonds is 6. The van der Waals surface area contributed by atoms with E-state index in [1.807, 2.05) is 0 Å². The zero-order chi connectivity index (χ0) is 12.7. The van der Waals surface area contributed by atoms with E-state index in [1.54, 1.807) is 6.07 Å². The van der Waals surface area contributed by atoms with Crippen LogP contribution in [0.3, 0.4) is 0 Å². The molecule has 1 aromatic rings. The number of nitrogens with one attached hydrogen (secondary N) is 1. The second kappa shape index (κ2) is 6.97. The lowest BCUT2D eigenvalue weighted by Crippen LogP contribution is -2.16. The third-order valence-corrected chi connectivity index (χ3v) is 2.53. The number of hydrogen-bond donors (Lipinski definition) is 1. The Morgan fingerprint density at radius 2 is 1.88 bits per heavy atom. The van der Waals surface area contributed by atoms with Crippen LogP contribution < -0.4 is 5.32 Å². The monoisotopic (exact) mass is 238 g/mol. The summed E-state index contributed by atoms with van der Waals surface area (Å²) < 4.78 is 26.9. The molecular formula is C13H16F2N2. The first-order valence-electron chi connectivity index (χ1n) is 5.77. The van der Waals surface area contributed by atoms with Crippen LogP contribution in [0.25, 0.3) is 0 Å². The van der Waals surface area contributed by atoms with E-state index in [9.17, 15) is 8.78 Å². The molecule has 1 aromatic carbocycles. The van der Waals surface area contributed by atoms with Crippen LogP contribution in [-0.2, 0) is 6.54 Å². The Bertz CT molecular complexity index is 387. The molecular weight excluding hydrogens is 222 g/mol. The molecule has 0 bridgehead atoms. The fourth-order valence-electron chi connectivity index (χ4n) is 1.55. The molecule has 0 saturated carbocycles. The smallest absolute Gasteiger partial charge is 0.131 e. The van der Waals surface area contributed by atoms with Gasteiger partial charge in [-0.25, -0.2) is 8.78 Å². The lowest BCUT2D eigenvalue weighted by atomic mass is 10.1. The molecule has 0 aliphatic heterocycles. The van der Waals surface area contributed by atoms with Gasteiger partial charge < -0.3 is 5.32 Å². The van der Waals surface area contributed by atoms with E-state index < -0.39 is 11.6 Å². The van der Waals surface area contributed by atoms with Gasteiger partial charge in [0, 0.05) is 12.1 Å². The minimum absolute atomic E-state index is 0.000462. The standard InChI is InChI=1S/C13H16F2N2/c1-2-3-4-5-17-9-11-12(14)6-10(8-16)7-13(11)15/h6-7,17H,2-5,9H2,1H3. The van der Waals surface area contributed by atoms with Crippen molar-refractivity contribution in [1.29, 1.82) is 5.26 Å². The van der Waals surface area contributed by atoms with Crippen LogP contribution in [0.2, 0.25) is 0 Å². The second-order valence-corrected chi connectivity index (χ2v) is 3.91. The number of halogens is 2. The number of benzene rings is 1. The molecule has 0 radical (unpaired) electrons. The van der Waals surface area contributed by atoms with Crippen molar-refractivity contribution in [3.8, 4) is 6.07 Å². The SMILES string of the molecule is CCCCCNCc1c(F)cc(C#N)cc1F. The molecule has 0 atom stereocenters. The molecule has 0 aliphatic rings. The molecule has 1 rings (SSSR count). The Morgan fingerprint density at radius 3 is 2.41 bits per heavy atom. The maximum absolute atomic E-state index is 13.4. The average Bonchev–Trinajstić information content (AvgIpc) is 2.31. The molecule has 0 saturated heterocycles. The number of nitriles is 1. The first kappa shape index (κ1) is 13.6. The predicted octanol–water partition coefficient (Wildman–Crippen LogP) is 3.12. The van der Waals surface area contributed by atoms with Crippen molar-refractivity contribution in [2.75, 3.05) is 6.54 Å². The summed E-state index contributed by atoms with van der Waals surface area (Å²) in [5, 5.41) is 11.5. The summed E-state index contributed by atoms with van der Waals surface area (Å²) in [6, 6.07) is 3.84. The highest BCUT2D eigenvalue weighted by Gasteiger charge is 2.10. The normalized spacial score (nSPS) is 10.2. The molecule has 0 amide bonds. The molecule has 0 spiro atoms. The van der Waals surface area contributed by atoms with Crippen molar-refractivity contribution in [2.45, 2.75) is 32.7 Å². The van der Waals surface area contributed by atoms with E-state index in [-0.39, 0.29) is 17.7 Å². The number of unbranched alkanes of at least 4 members (excludes halogenated alkanes) is 2. The summed E-state index contributed by atoms with van der Waals surface area (Å²) in [6.45, 7) is 3.00. The van der Waals surface area contributed by atoms with Crippen molar-refractivity contribution >= 4 is 0 Å². The van der Waals surface area contributed by atoms with E-state index in [4.69, 9.17) is 5.26 Å². The van der Waals surface area contributed by atoms with E-state index in [0.29, 0.717) is 0 Å². The van der Waals surface area contributed by atoms with Crippen LogP contribution in [0.15, 0.2) is 12.1 Å². The van der Waals surface area contributed by atoms with Crippen molar-refractivity contribution < 1.29 is 8.78 Å². The minimum atomic E-state index is -0.662. The van der Waals surface area contributed by atoms with Gasteiger partial charge in [0.2, 0.25) is 0 Å². The van der Waals surface area contributed by atoms with Crippen LogP contribution in [-0.4, -0.2) is 6.54 Å². The van der Waals surface area contributed by atoms with Gasteiger partial charge in [-0.3, -0.25) is 0 Å². The topological polar surface area (TPSA) is 35.8 Å².